The van der Waals surface area contributed by atoms with E-state index in [0.29, 0.717) is 12.2 Å². The quantitative estimate of drug-likeness (QED) is 0.843. The molecule has 0 fully saturated rings. The predicted molar refractivity (Wildman–Crippen MR) is 85.1 cm³/mol. The minimum Gasteiger partial charge on any atom is -0.479 e. The molecule has 5 nitrogen and oxygen atoms in total. The van der Waals surface area contributed by atoms with E-state index in [2.05, 4.69) is 10.1 Å². The minimum absolute atomic E-state index is 0.156. The summed E-state index contributed by atoms with van der Waals surface area (Å²) in [5, 5.41) is 2.95. The molecule has 0 spiro atoms. The average Bonchev–Trinajstić information content (AvgIpc) is 2.51. The fourth-order valence-corrected chi connectivity index (χ4v) is 3.13. The number of esters is 1. The summed E-state index contributed by atoms with van der Waals surface area (Å²) in [6.45, 7) is 3.77. The van der Waals surface area contributed by atoms with Crippen molar-refractivity contribution in [3.8, 4) is 5.75 Å². The van der Waals surface area contributed by atoms with E-state index < -0.39 is 11.6 Å². The van der Waals surface area contributed by atoms with Gasteiger partial charge >= 0.3 is 5.97 Å². The van der Waals surface area contributed by atoms with Crippen LogP contribution in [0.2, 0.25) is 0 Å². The number of rotatable bonds is 5. The standard InChI is InChI=1S/C16H21NO4S/c1-16(2,9-8-14(18)20-3)17-15(19)12-10-22-13-7-5-4-6-11(13)21-12/h4-7,12H,8-10H2,1-3H3,(H,17,19)/t12-/m1/s1. The second-order valence-corrected chi connectivity index (χ2v) is 6.88. The summed E-state index contributed by atoms with van der Waals surface area (Å²) in [6.07, 6.45) is 0.270. The first-order chi connectivity index (χ1) is 10.4. The number of carbonyl (C=O) groups is 2. The summed E-state index contributed by atoms with van der Waals surface area (Å²) >= 11 is 1.61. The zero-order valence-corrected chi connectivity index (χ0v) is 13.9. The highest BCUT2D eigenvalue weighted by Gasteiger charge is 2.30. The molecule has 0 radical (unpaired) electrons. The number of ether oxygens (including phenoxy) is 2. The maximum absolute atomic E-state index is 12.4. The van der Waals surface area contributed by atoms with Crippen molar-refractivity contribution in [1.29, 1.82) is 0 Å². The van der Waals surface area contributed by atoms with E-state index in [1.165, 1.54) is 7.11 Å². The summed E-state index contributed by atoms with van der Waals surface area (Å²) in [7, 11) is 1.36. The van der Waals surface area contributed by atoms with E-state index in [-0.39, 0.29) is 18.3 Å². The van der Waals surface area contributed by atoms with Gasteiger partial charge in [-0.25, -0.2) is 0 Å². The number of carbonyl (C=O) groups excluding carboxylic acids is 2. The lowest BCUT2D eigenvalue weighted by Crippen LogP contribution is -2.50. The SMILES string of the molecule is COC(=O)CCC(C)(C)NC(=O)[C@H]1CSc2ccccc2O1. The number of benzene rings is 1. The first-order valence-corrected chi connectivity index (χ1v) is 8.17. The predicted octanol–water partition coefficient (Wildman–Crippen LogP) is 2.39. The molecule has 6 heteroatoms. The maximum atomic E-state index is 12.4. The average molecular weight is 323 g/mol. The van der Waals surface area contributed by atoms with E-state index in [4.69, 9.17) is 4.74 Å². The van der Waals surface area contributed by atoms with Gasteiger partial charge < -0.3 is 14.8 Å². The van der Waals surface area contributed by atoms with Gasteiger partial charge in [0.2, 0.25) is 0 Å². The summed E-state index contributed by atoms with van der Waals surface area (Å²) in [4.78, 5) is 24.6. The Morgan fingerprint density at radius 3 is 2.86 bits per heavy atom. The van der Waals surface area contributed by atoms with Crippen molar-refractivity contribution in [3.05, 3.63) is 24.3 Å². The van der Waals surface area contributed by atoms with Gasteiger partial charge in [-0.3, -0.25) is 9.59 Å². The zero-order valence-electron chi connectivity index (χ0n) is 13.0. The molecule has 22 heavy (non-hydrogen) atoms. The molecular formula is C16H21NO4S. The van der Waals surface area contributed by atoms with Crippen LogP contribution in [0, 0.1) is 0 Å². The van der Waals surface area contributed by atoms with E-state index in [1.807, 2.05) is 38.1 Å². The molecule has 1 aromatic carbocycles. The van der Waals surface area contributed by atoms with Crippen LogP contribution in [0.4, 0.5) is 0 Å². The third-order valence-electron chi connectivity index (χ3n) is 3.44. The van der Waals surface area contributed by atoms with Gasteiger partial charge in [0.05, 0.1) is 7.11 Å². The molecule has 0 saturated carbocycles. The molecule has 2 rings (SSSR count). The van der Waals surface area contributed by atoms with E-state index >= 15 is 0 Å². The molecule has 1 N–H and O–H groups in total. The van der Waals surface area contributed by atoms with Gasteiger partial charge in [-0.15, -0.1) is 11.8 Å². The first kappa shape index (κ1) is 16.7. The van der Waals surface area contributed by atoms with Crippen LogP contribution < -0.4 is 10.1 Å². The lowest BCUT2D eigenvalue weighted by Gasteiger charge is -2.30. The Labute approximate surface area is 134 Å². The number of amides is 1. The van der Waals surface area contributed by atoms with Crippen LogP contribution in [-0.4, -0.2) is 36.4 Å². The zero-order chi connectivity index (χ0) is 16.2. The van der Waals surface area contributed by atoms with Crippen molar-refractivity contribution in [2.75, 3.05) is 12.9 Å². The maximum Gasteiger partial charge on any atom is 0.305 e. The van der Waals surface area contributed by atoms with Crippen molar-refractivity contribution in [2.24, 2.45) is 0 Å². The van der Waals surface area contributed by atoms with Crippen LogP contribution in [0.25, 0.3) is 0 Å². The number of fused-ring (bicyclic) bond motifs is 1. The largest absolute Gasteiger partial charge is 0.479 e. The van der Waals surface area contributed by atoms with Crippen LogP contribution in [0.5, 0.6) is 5.75 Å². The van der Waals surface area contributed by atoms with Crippen LogP contribution in [0.15, 0.2) is 29.2 Å². The van der Waals surface area contributed by atoms with Crippen molar-refractivity contribution >= 4 is 23.6 Å². The van der Waals surface area contributed by atoms with Gasteiger partial charge in [0, 0.05) is 22.6 Å². The Bertz CT molecular complexity index is 559. The van der Waals surface area contributed by atoms with Crippen molar-refractivity contribution in [1.82, 2.24) is 5.32 Å². The van der Waals surface area contributed by atoms with Crippen LogP contribution in [0.1, 0.15) is 26.7 Å². The topological polar surface area (TPSA) is 64.6 Å². The third-order valence-corrected chi connectivity index (χ3v) is 4.56. The smallest absolute Gasteiger partial charge is 0.305 e. The molecule has 1 aromatic rings. The molecule has 1 aliphatic heterocycles. The monoisotopic (exact) mass is 323 g/mol. The molecular weight excluding hydrogens is 302 g/mol. The molecule has 0 unspecified atom stereocenters. The fourth-order valence-electron chi connectivity index (χ4n) is 2.14. The van der Waals surface area contributed by atoms with Gasteiger partial charge in [0.25, 0.3) is 5.91 Å². The van der Waals surface area contributed by atoms with E-state index in [9.17, 15) is 9.59 Å². The Kier molecular flexibility index (Phi) is 5.34. The van der Waals surface area contributed by atoms with Crippen LogP contribution in [-0.2, 0) is 14.3 Å². The molecule has 1 heterocycles. The molecule has 1 aliphatic rings. The van der Waals surface area contributed by atoms with E-state index in [1.54, 1.807) is 11.8 Å². The van der Waals surface area contributed by atoms with Gasteiger partial charge in [-0.1, -0.05) is 12.1 Å². The summed E-state index contributed by atoms with van der Waals surface area (Å²) < 4.78 is 10.4. The summed E-state index contributed by atoms with van der Waals surface area (Å²) in [6, 6.07) is 7.68. The van der Waals surface area contributed by atoms with Gasteiger partial charge in [-0.2, -0.15) is 0 Å². The molecule has 0 saturated heterocycles. The molecule has 0 bridgehead atoms. The molecule has 1 atom stereocenters. The number of nitrogens with one attached hydrogen (secondary N) is 1. The number of para-hydroxylation sites is 1. The van der Waals surface area contributed by atoms with Gasteiger partial charge in [-0.05, 0) is 32.4 Å². The van der Waals surface area contributed by atoms with Crippen molar-refractivity contribution < 1.29 is 19.1 Å². The molecule has 0 aromatic heterocycles. The van der Waals surface area contributed by atoms with Crippen LogP contribution >= 0.6 is 11.8 Å². The van der Waals surface area contributed by atoms with E-state index in [0.717, 1.165) is 10.6 Å². The number of thioether (sulfide) groups is 1. The van der Waals surface area contributed by atoms with Gasteiger partial charge in [0.1, 0.15) is 5.75 Å². The fraction of sp³-hybridized carbons (Fsp3) is 0.500. The Morgan fingerprint density at radius 2 is 2.14 bits per heavy atom. The summed E-state index contributed by atoms with van der Waals surface area (Å²) in [5.74, 6) is 0.888. The highest BCUT2D eigenvalue weighted by molar-refractivity contribution is 7.99. The number of methoxy groups -OCH3 is 1. The Morgan fingerprint density at radius 1 is 1.41 bits per heavy atom. The number of hydrogen-bond donors (Lipinski definition) is 1. The number of hydrogen-bond acceptors (Lipinski definition) is 5. The lowest BCUT2D eigenvalue weighted by atomic mass is 9.98. The normalized spacial score (nSPS) is 17.1. The second-order valence-electron chi connectivity index (χ2n) is 5.81. The third kappa shape index (κ3) is 4.40. The summed E-state index contributed by atoms with van der Waals surface area (Å²) in [5.41, 5.74) is -0.490. The Hall–Kier alpha value is -1.69. The highest BCUT2D eigenvalue weighted by Crippen LogP contribution is 2.35. The molecule has 1 amide bonds. The van der Waals surface area contributed by atoms with Crippen molar-refractivity contribution in [3.63, 3.8) is 0 Å². The Balaban J connectivity index is 1.91. The molecule has 120 valence electrons. The first-order valence-electron chi connectivity index (χ1n) is 7.18. The van der Waals surface area contributed by atoms with Gasteiger partial charge in [0.15, 0.2) is 6.10 Å². The van der Waals surface area contributed by atoms with Crippen LogP contribution in [0.3, 0.4) is 0 Å². The second kappa shape index (κ2) is 7.05. The highest BCUT2D eigenvalue weighted by atomic mass is 32.2. The molecule has 0 aliphatic carbocycles. The minimum atomic E-state index is -0.516. The van der Waals surface area contributed by atoms with Crippen molar-refractivity contribution in [2.45, 2.75) is 43.2 Å². The lowest BCUT2D eigenvalue weighted by molar-refractivity contribution is -0.141.